The zero-order valence-electron chi connectivity index (χ0n) is 14.3. The average Bonchev–Trinajstić information content (AvgIpc) is 3.07. The molecule has 0 atom stereocenters. The lowest BCUT2D eigenvalue weighted by molar-refractivity contribution is 0.102. The number of carbonyl (C=O) groups is 1. The Bertz CT molecular complexity index is 1150. The molecule has 4 nitrogen and oxygen atoms in total. The second kappa shape index (κ2) is 7.06. The quantitative estimate of drug-likeness (QED) is 0.438. The maximum atomic E-state index is 12.5. The van der Waals surface area contributed by atoms with Gasteiger partial charge in [0.05, 0.1) is 0 Å². The number of hydrogen-bond donors (Lipinski definition) is 1. The van der Waals surface area contributed by atoms with Gasteiger partial charge in [0, 0.05) is 26.9 Å². The number of aromatic nitrogens is 1. The summed E-state index contributed by atoms with van der Waals surface area (Å²) in [6, 6.07) is 17.7. The second-order valence-corrected chi connectivity index (χ2v) is 6.99. The van der Waals surface area contributed by atoms with Crippen LogP contribution in [0.1, 0.15) is 15.9 Å². The Hall–Kier alpha value is -2.82. The van der Waals surface area contributed by atoms with Crippen LogP contribution in [-0.2, 0) is 0 Å². The SMILES string of the molecule is Cc1ccc(-c2nc3cc(Cl)ccc3o2)cc1NC(=O)c1ccc(Cl)cc1. The van der Waals surface area contributed by atoms with E-state index in [1.807, 2.05) is 25.1 Å². The van der Waals surface area contributed by atoms with E-state index in [0.717, 1.165) is 11.1 Å². The van der Waals surface area contributed by atoms with E-state index in [2.05, 4.69) is 10.3 Å². The molecule has 27 heavy (non-hydrogen) atoms. The Kier molecular flexibility index (Phi) is 4.60. The minimum atomic E-state index is -0.212. The van der Waals surface area contributed by atoms with Gasteiger partial charge in [-0.15, -0.1) is 0 Å². The summed E-state index contributed by atoms with van der Waals surface area (Å²) in [5, 5.41) is 4.11. The van der Waals surface area contributed by atoms with Gasteiger partial charge in [-0.05, 0) is 67.1 Å². The van der Waals surface area contributed by atoms with Gasteiger partial charge in [-0.3, -0.25) is 4.79 Å². The number of nitrogens with zero attached hydrogens (tertiary/aromatic N) is 1. The van der Waals surface area contributed by atoms with Gasteiger partial charge in [-0.1, -0.05) is 29.3 Å². The van der Waals surface area contributed by atoms with E-state index in [1.54, 1.807) is 42.5 Å². The molecule has 4 rings (SSSR count). The van der Waals surface area contributed by atoms with Crippen LogP contribution >= 0.6 is 23.2 Å². The lowest BCUT2D eigenvalue weighted by atomic mass is 10.1. The maximum Gasteiger partial charge on any atom is 0.255 e. The lowest BCUT2D eigenvalue weighted by Crippen LogP contribution is -2.12. The first-order valence-corrected chi connectivity index (χ1v) is 8.99. The molecule has 1 amide bonds. The highest BCUT2D eigenvalue weighted by Gasteiger charge is 2.13. The number of aryl methyl sites for hydroxylation is 1. The third kappa shape index (κ3) is 3.68. The Morgan fingerprint density at radius 2 is 1.70 bits per heavy atom. The summed E-state index contributed by atoms with van der Waals surface area (Å²) in [5.41, 5.74) is 4.25. The van der Waals surface area contributed by atoms with Gasteiger partial charge in [0.15, 0.2) is 5.58 Å². The van der Waals surface area contributed by atoms with Crippen molar-refractivity contribution in [1.82, 2.24) is 4.98 Å². The number of nitrogens with one attached hydrogen (secondary N) is 1. The Labute approximate surface area is 165 Å². The van der Waals surface area contributed by atoms with Crippen molar-refractivity contribution >= 4 is 45.9 Å². The highest BCUT2D eigenvalue weighted by molar-refractivity contribution is 6.31. The van der Waals surface area contributed by atoms with Crippen molar-refractivity contribution in [2.75, 3.05) is 5.32 Å². The van der Waals surface area contributed by atoms with Gasteiger partial charge in [0.25, 0.3) is 5.91 Å². The molecule has 0 aliphatic heterocycles. The van der Waals surface area contributed by atoms with Crippen LogP contribution in [0.15, 0.2) is 65.1 Å². The summed E-state index contributed by atoms with van der Waals surface area (Å²) in [7, 11) is 0. The number of amides is 1. The first kappa shape index (κ1) is 17.6. The van der Waals surface area contributed by atoms with Crippen molar-refractivity contribution in [3.05, 3.63) is 81.8 Å². The van der Waals surface area contributed by atoms with Crippen LogP contribution in [0.25, 0.3) is 22.6 Å². The van der Waals surface area contributed by atoms with E-state index in [9.17, 15) is 4.79 Å². The van der Waals surface area contributed by atoms with Crippen LogP contribution in [0, 0.1) is 6.92 Å². The zero-order chi connectivity index (χ0) is 19.0. The fraction of sp³-hybridized carbons (Fsp3) is 0.0476. The molecular formula is C21H14Cl2N2O2. The number of halogens is 2. The molecule has 1 heterocycles. The molecule has 3 aromatic carbocycles. The zero-order valence-corrected chi connectivity index (χ0v) is 15.8. The molecule has 1 aromatic heterocycles. The molecule has 0 bridgehead atoms. The normalized spacial score (nSPS) is 10.9. The predicted molar refractivity (Wildman–Crippen MR) is 109 cm³/mol. The number of hydrogen-bond acceptors (Lipinski definition) is 3. The van der Waals surface area contributed by atoms with Gasteiger partial charge in [-0.25, -0.2) is 4.98 Å². The van der Waals surface area contributed by atoms with Gasteiger partial charge in [-0.2, -0.15) is 0 Å². The molecule has 0 unspecified atom stereocenters. The van der Waals surface area contributed by atoms with Crippen LogP contribution < -0.4 is 5.32 Å². The van der Waals surface area contributed by atoms with Crippen molar-refractivity contribution < 1.29 is 9.21 Å². The van der Waals surface area contributed by atoms with E-state index in [-0.39, 0.29) is 5.91 Å². The van der Waals surface area contributed by atoms with Crippen LogP contribution in [0.4, 0.5) is 5.69 Å². The van der Waals surface area contributed by atoms with Crippen molar-refractivity contribution in [3.8, 4) is 11.5 Å². The molecule has 6 heteroatoms. The van der Waals surface area contributed by atoms with Crippen molar-refractivity contribution in [2.45, 2.75) is 6.92 Å². The largest absolute Gasteiger partial charge is 0.436 e. The molecule has 0 aliphatic carbocycles. The van der Waals surface area contributed by atoms with Gasteiger partial charge >= 0.3 is 0 Å². The fourth-order valence-electron chi connectivity index (χ4n) is 2.71. The summed E-state index contributed by atoms with van der Waals surface area (Å²) in [4.78, 5) is 17.0. The summed E-state index contributed by atoms with van der Waals surface area (Å²) < 4.78 is 5.81. The Morgan fingerprint density at radius 1 is 0.963 bits per heavy atom. The highest BCUT2D eigenvalue weighted by Crippen LogP contribution is 2.29. The minimum absolute atomic E-state index is 0.212. The predicted octanol–water partition coefficient (Wildman–Crippen LogP) is 6.36. The highest BCUT2D eigenvalue weighted by atomic mass is 35.5. The summed E-state index contributed by atoms with van der Waals surface area (Å²) in [6.45, 7) is 1.92. The van der Waals surface area contributed by atoms with Gasteiger partial charge < -0.3 is 9.73 Å². The van der Waals surface area contributed by atoms with E-state index in [4.69, 9.17) is 27.6 Å². The second-order valence-electron chi connectivity index (χ2n) is 6.12. The van der Waals surface area contributed by atoms with Crippen LogP contribution in [0.2, 0.25) is 10.0 Å². The number of anilines is 1. The molecule has 0 spiro atoms. The molecule has 0 saturated carbocycles. The van der Waals surface area contributed by atoms with Crippen molar-refractivity contribution in [1.29, 1.82) is 0 Å². The van der Waals surface area contributed by atoms with E-state index in [0.29, 0.717) is 38.3 Å². The lowest BCUT2D eigenvalue weighted by Gasteiger charge is -2.10. The smallest absolute Gasteiger partial charge is 0.255 e. The van der Waals surface area contributed by atoms with Crippen LogP contribution in [-0.4, -0.2) is 10.9 Å². The van der Waals surface area contributed by atoms with Crippen LogP contribution in [0.3, 0.4) is 0 Å². The number of oxazole rings is 1. The third-order valence-corrected chi connectivity index (χ3v) is 4.68. The first-order chi connectivity index (χ1) is 13.0. The Morgan fingerprint density at radius 3 is 2.48 bits per heavy atom. The first-order valence-electron chi connectivity index (χ1n) is 8.23. The molecule has 0 radical (unpaired) electrons. The monoisotopic (exact) mass is 396 g/mol. The molecule has 4 aromatic rings. The summed E-state index contributed by atoms with van der Waals surface area (Å²) in [6.07, 6.45) is 0. The summed E-state index contributed by atoms with van der Waals surface area (Å²) in [5.74, 6) is 0.255. The van der Waals surface area contributed by atoms with Crippen LogP contribution in [0.5, 0.6) is 0 Å². The molecule has 1 N–H and O–H groups in total. The molecule has 134 valence electrons. The topological polar surface area (TPSA) is 55.1 Å². The van der Waals surface area contributed by atoms with Gasteiger partial charge in [0.2, 0.25) is 5.89 Å². The number of fused-ring (bicyclic) bond motifs is 1. The van der Waals surface area contributed by atoms with Gasteiger partial charge in [0.1, 0.15) is 5.52 Å². The maximum absolute atomic E-state index is 12.5. The fourth-order valence-corrected chi connectivity index (χ4v) is 3.00. The standard InChI is InChI=1S/C21H14Cl2N2O2/c1-12-2-3-14(21-25-18-11-16(23)8-9-19(18)27-21)10-17(12)24-20(26)13-4-6-15(22)7-5-13/h2-11H,1H3,(H,24,26). The molecule has 0 fully saturated rings. The van der Waals surface area contributed by atoms with E-state index in [1.165, 1.54) is 0 Å². The number of carbonyl (C=O) groups excluding carboxylic acids is 1. The summed E-state index contributed by atoms with van der Waals surface area (Å²) >= 11 is 11.9. The number of benzene rings is 3. The van der Waals surface area contributed by atoms with Crippen molar-refractivity contribution in [3.63, 3.8) is 0 Å². The van der Waals surface area contributed by atoms with Crippen molar-refractivity contribution in [2.24, 2.45) is 0 Å². The third-order valence-electron chi connectivity index (χ3n) is 4.19. The number of rotatable bonds is 3. The molecular weight excluding hydrogens is 383 g/mol. The van der Waals surface area contributed by atoms with E-state index >= 15 is 0 Å². The van der Waals surface area contributed by atoms with E-state index < -0.39 is 0 Å². The molecule has 0 aliphatic rings. The Balaban J connectivity index is 1.66. The minimum Gasteiger partial charge on any atom is -0.436 e. The average molecular weight is 397 g/mol. The molecule has 0 saturated heterocycles.